The summed E-state index contributed by atoms with van der Waals surface area (Å²) in [4.78, 5) is 9.45. The predicted molar refractivity (Wildman–Crippen MR) is 99.8 cm³/mol. The summed E-state index contributed by atoms with van der Waals surface area (Å²) in [6.07, 6.45) is 0. The molecule has 3 rings (SSSR count). The molecule has 0 unspecified atom stereocenters. The normalized spacial score (nSPS) is 13.7. The Kier molecular flexibility index (Phi) is 4.80. The topological polar surface area (TPSA) is 54.0 Å². The van der Waals surface area contributed by atoms with E-state index in [1.807, 2.05) is 49.4 Å². The maximum atomic E-state index is 6.20. The smallest absolute Gasteiger partial charge is 0.141 e. The van der Waals surface area contributed by atoms with Crippen LogP contribution in [0, 0.1) is 0 Å². The summed E-state index contributed by atoms with van der Waals surface area (Å²) < 4.78 is 0.980. The molecule has 2 aromatic carbocycles. The van der Waals surface area contributed by atoms with Crippen molar-refractivity contribution in [2.45, 2.75) is 6.92 Å². The highest BCUT2D eigenvalue weighted by Crippen LogP contribution is 2.30. The maximum Gasteiger partial charge on any atom is 0.141 e. The molecule has 0 saturated heterocycles. The molecule has 0 spiro atoms. The van der Waals surface area contributed by atoms with Gasteiger partial charge in [-0.15, -0.1) is 0 Å². The lowest BCUT2D eigenvalue weighted by molar-refractivity contribution is 0.459. The van der Waals surface area contributed by atoms with Crippen LogP contribution < -0.4 is 5.84 Å². The zero-order chi connectivity index (χ0) is 16.4. The van der Waals surface area contributed by atoms with Crippen LogP contribution in [-0.4, -0.2) is 29.6 Å². The molecule has 0 bridgehead atoms. The van der Waals surface area contributed by atoms with Gasteiger partial charge in [0.05, 0.1) is 17.9 Å². The van der Waals surface area contributed by atoms with E-state index in [-0.39, 0.29) is 0 Å². The van der Waals surface area contributed by atoms with E-state index in [2.05, 4.69) is 20.9 Å². The molecule has 0 atom stereocenters. The fourth-order valence-electron chi connectivity index (χ4n) is 2.43. The summed E-state index contributed by atoms with van der Waals surface area (Å²) in [6.45, 7) is 3.07. The molecule has 0 aromatic heterocycles. The van der Waals surface area contributed by atoms with E-state index in [9.17, 15) is 0 Å². The number of hydrogen-bond donors (Lipinski definition) is 1. The van der Waals surface area contributed by atoms with E-state index in [0.29, 0.717) is 18.1 Å². The van der Waals surface area contributed by atoms with Crippen LogP contribution in [0.2, 0.25) is 5.02 Å². The number of halogens is 2. The van der Waals surface area contributed by atoms with Gasteiger partial charge in [0.15, 0.2) is 0 Å². The largest absolute Gasteiger partial charge is 0.297 e. The molecule has 4 nitrogen and oxygen atoms in total. The Morgan fingerprint density at radius 1 is 1.22 bits per heavy atom. The molecule has 0 radical (unpaired) electrons. The van der Waals surface area contributed by atoms with Gasteiger partial charge < -0.3 is 0 Å². The standard InChI is InChI=1S/C17H16BrClN4/c1-2-23(20)16-10-21-17(12-5-3-4-6-14(12)18)13-9-11(19)7-8-15(13)22-16/h3-9H,2,10,20H2,1H3. The van der Waals surface area contributed by atoms with Gasteiger partial charge in [0.2, 0.25) is 0 Å². The molecule has 1 heterocycles. The van der Waals surface area contributed by atoms with E-state index >= 15 is 0 Å². The first-order valence-electron chi connectivity index (χ1n) is 7.29. The van der Waals surface area contributed by atoms with Crippen LogP contribution in [-0.2, 0) is 0 Å². The van der Waals surface area contributed by atoms with E-state index in [4.69, 9.17) is 22.4 Å². The molecule has 6 heteroatoms. The minimum atomic E-state index is 0.424. The second-order valence-electron chi connectivity index (χ2n) is 5.12. The Morgan fingerprint density at radius 2 is 2.00 bits per heavy atom. The SMILES string of the molecule is CCN(N)C1=Nc2ccc(Cl)cc2C(c2ccccc2Br)=NC1. The molecular weight excluding hydrogens is 376 g/mol. The van der Waals surface area contributed by atoms with Gasteiger partial charge in [-0.3, -0.25) is 10.0 Å². The van der Waals surface area contributed by atoms with Crippen molar-refractivity contribution in [1.29, 1.82) is 0 Å². The van der Waals surface area contributed by atoms with Crippen molar-refractivity contribution >= 4 is 44.8 Å². The first kappa shape index (κ1) is 16.2. The highest BCUT2D eigenvalue weighted by atomic mass is 79.9. The molecule has 2 aromatic rings. The Labute approximate surface area is 148 Å². The van der Waals surface area contributed by atoms with Crippen molar-refractivity contribution in [3.63, 3.8) is 0 Å². The summed E-state index contributed by atoms with van der Waals surface area (Å²) >= 11 is 9.80. The molecular formula is C17H16BrClN4. The molecule has 2 N–H and O–H groups in total. The number of aliphatic imine (C=N–C) groups is 2. The molecule has 0 amide bonds. The third-order valence-electron chi connectivity index (χ3n) is 3.64. The Bertz CT molecular complexity index is 801. The highest BCUT2D eigenvalue weighted by molar-refractivity contribution is 9.10. The molecule has 1 aliphatic heterocycles. The number of amidine groups is 1. The van der Waals surface area contributed by atoms with E-state index in [0.717, 1.165) is 32.8 Å². The maximum absolute atomic E-state index is 6.20. The number of nitrogens with zero attached hydrogens (tertiary/aromatic N) is 3. The summed E-state index contributed by atoms with van der Waals surface area (Å²) in [5, 5.41) is 2.27. The molecule has 0 saturated carbocycles. The zero-order valence-electron chi connectivity index (χ0n) is 12.6. The first-order valence-corrected chi connectivity index (χ1v) is 8.46. The van der Waals surface area contributed by atoms with Crippen LogP contribution >= 0.6 is 27.5 Å². The van der Waals surface area contributed by atoms with Crippen molar-refractivity contribution in [1.82, 2.24) is 5.01 Å². The number of fused-ring (bicyclic) bond motifs is 1. The number of benzene rings is 2. The molecule has 23 heavy (non-hydrogen) atoms. The predicted octanol–water partition coefficient (Wildman–Crippen LogP) is 4.18. The molecule has 1 aliphatic rings. The van der Waals surface area contributed by atoms with Gasteiger partial charge in [0, 0.05) is 27.2 Å². The summed E-state index contributed by atoms with van der Waals surface area (Å²) in [6, 6.07) is 13.6. The third kappa shape index (κ3) is 3.32. The number of hydrogen-bond acceptors (Lipinski definition) is 4. The van der Waals surface area contributed by atoms with Gasteiger partial charge in [-0.2, -0.15) is 0 Å². The lowest BCUT2D eigenvalue weighted by atomic mass is 10.0. The Hall–Kier alpha value is -1.69. The van der Waals surface area contributed by atoms with Crippen LogP contribution in [0.5, 0.6) is 0 Å². The average molecular weight is 392 g/mol. The van der Waals surface area contributed by atoms with Gasteiger partial charge in [-0.1, -0.05) is 45.7 Å². The van der Waals surface area contributed by atoms with Crippen LogP contribution in [0.1, 0.15) is 18.1 Å². The molecule has 0 aliphatic carbocycles. The van der Waals surface area contributed by atoms with Crippen molar-refractivity contribution in [3.8, 4) is 0 Å². The zero-order valence-corrected chi connectivity index (χ0v) is 15.0. The van der Waals surface area contributed by atoms with E-state index in [1.54, 1.807) is 5.01 Å². The quantitative estimate of drug-likeness (QED) is 0.617. The first-order chi connectivity index (χ1) is 11.1. The summed E-state index contributed by atoms with van der Waals surface area (Å²) in [5.74, 6) is 6.75. The molecule has 0 fully saturated rings. The summed E-state index contributed by atoms with van der Waals surface area (Å²) in [7, 11) is 0. The van der Waals surface area contributed by atoms with Gasteiger partial charge in [-0.05, 0) is 31.2 Å². The second-order valence-corrected chi connectivity index (χ2v) is 6.41. The van der Waals surface area contributed by atoms with Crippen molar-refractivity contribution in [3.05, 3.63) is 63.1 Å². The Morgan fingerprint density at radius 3 is 2.74 bits per heavy atom. The average Bonchev–Trinajstić information content (AvgIpc) is 2.74. The number of hydrazine groups is 1. The monoisotopic (exact) mass is 390 g/mol. The third-order valence-corrected chi connectivity index (χ3v) is 4.57. The fourth-order valence-corrected chi connectivity index (χ4v) is 3.07. The number of rotatable bonds is 2. The number of likely N-dealkylation sites (N-methyl/N-ethyl adjacent to an activating group) is 1. The van der Waals surface area contributed by atoms with Gasteiger partial charge in [0.1, 0.15) is 5.84 Å². The summed E-state index contributed by atoms with van der Waals surface area (Å²) in [5.41, 5.74) is 3.59. The van der Waals surface area contributed by atoms with Crippen LogP contribution in [0.3, 0.4) is 0 Å². The Balaban J connectivity index is 2.19. The van der Waals surface area contributed by atoms with Crippen LogP contribution in [0.15, 0.2) is 56.9 Å². The molecule has 118 valence electrons. The minimum absolute atomic E-state index is 0.424. The van der Waals surface area contributed by atoms with Crippen molar-refractivity contribution in [2.24, 2.45) is 15.8 Å². The van der Waals surface area contributed by atoms with Crippen LogP contribution in [0.25, 0.3) is 0 Å². The lowest BCUT2D eigenvalue weighted by Gasteiger charge is -2.16. The van der Waals surface area contributed by atoms with Crippen molar-refractivity contribution in [2.75, 3.05) is 13.1 Å². The fraction of sp³-hybridized carbons (Fsp3) is 0.176. The van der Waals surface area contributed by atoms with Crippen LogP contribution in [0.4, 0.5) is 5.69 Å². The van der Waals surface area contributed by atoms with E-state index < -0.39 is 0 Å². The number of nitrogens with two attached hydrogens (primary N) is 1. The van der Waals surface area contributed by atoms with Crippen molar-refractivity contribution < 1.29 is 0 Å². The minimum Gasteiger partial charge on any atom is -0.297 e. The van der Waals surface area contributed by atoms with Gasteiger partial charge in [0.25, 0.3) is 0 Å². The van der Waals surface area contributed by atoms with E-state index in [1.165, 1.54) is 0 Å². The lowest BCUT2D eigenvalue weighted by Crippen LogP contribution is -2.38. The van der Waals surface area contributed by atoms with Gasteiger partial charge in [-0.25, -0.2) is 10.8 Å². The second kappa shape index (κ2) is 6.83. The van der Waals surface area contributed by atoms with Gasteiger partial charge >= 0.3 is 0 Å². The highest BCUT2D eigenvalue weighted by Gasteiger charge is 2.19.